The second-order valence-electron chi connectivity index (χ2n) is 4.14. The predicted molar refractivity (Wildman–Crippen MR) is 56.3 cm³/mol. The Morgan fingerprint density at radius 3 is 2.62 bits per heavy atom. The van der Waals surface area contributed by atoms with E-state index in [1.54, 1.807) is 0 Å². The third-order valence-electron chi connectivity index (χ3n) is 2.25. The highest BCUT2D eigenvalue weighted by Gasteiger charge is 2.27. The maximum Gasteiger partial charge on any atom is 0.310 e. The van der Waals surface area contributed by atoms with Gasteiger partial charge in [0.25, 0.3) is 0 Å². The molecule has 5 heteroatoms. The maximum atomic E-state index is 13.2. The zero-order chi connectivity index (χ0) is 12.3. The van der Waals surface area contributed by atoms with Crippen molar-refractivity contribution < 1.29 is 18.7 Å². The number of benzene rings is 1. The minimum Gasteiger partial charge on any atom is -0.481 e. The fourth-order valence-corrected chi connectivity index (χ4v) is 1.03. The normalized spacial score (nSPS) is 11.2. The molecule has 16 heavy (non-hydrogen) atoms. The molecule has 0 unspecified atom stereocenters. The number of anilines is 1. The first-order chi connectivity index (χ1) is 7.34. The lowest BCUT2D eigenvalue weighted by molar-refractivity contribution is -0.146. The first-order valence-electron chi connectivity index (χ1n) is 4.76. The summed E-state index contributed by atoms with van der Waals surface area (Å²) in [6, 6.07) is 3.72. The summed E-state index contributed by atoms with van der Waals surface area (Å²) in [5, 5.41) is 11.4. The Morgan fingerprint density at radius 1 is 1.44 bits per heavy atom. The second-order valence-corrected chi connectivity index (χ2v) is 4.14. The number of hydrogen-bond acceptors (Lipinski definition) is 2. The second kappa shape index (κ2) is 4.47. The molecule has 0 radical (unpaired) electrons. The molecule has 1 aromatic rings. The van der Waals surface area contributed by atoms with Gasteiger partial charge in [-0.15, -0.1) is 0 Å². The monoisotopic (exact) mass is 229 g/mol. The number of halogens is 2. The Labute approximate surface area is 92.1 Å². The molecule has 1 rings (SSSR count). The molecule has 1 aromatic carbocycles. The zero-order valence-corrected chi connectivity index (χ0v) is 9.05. The van der Waals surface area contributed by atoms with Crippen molar-refractivity contribution in [3.8, 4) is 0 Å². The Balaban J connectivity index is 2.76. The van der Waals surface area contributed by atoms with Gasteiger partial charge < -0.3 is 10.4 Å². The van der Waals surface area contributed by atoms with Crippen molar-refractivity contribution in [3.63, 3.8) is 0 Å². The highest BCUT2D eigenvalue weighted by molar-refractivity contribution is 5.74. The fraction of sp³-hybridized carbons (Fsp3) is 0.364. The molecule has 0 atom stereocenters. The van der Waals surface area contributed by atoms with Crippen LogP contribution in [0.15, 0.2) is 18.2 Å². The van der Waals surface area contributed by atoms with Crippen LogP contribution in [0.3, 0.4) is 0 Å². The Kier molecular flexibility index (Phi) is 3.47. The molecule has 0 aliphatic heterocycles. The third kappa shape index (κ3) is 2.68. The summed E-state index contributed by atoms with van der Waals surface area (Å²) in [6.07, 6.45) is 0. The number of hydrogen-bond donors (Lipinski definition) is 2. The predicted octanol–water partition coefficient (Wildman–Crippen LogP) is 2.49. The van der Waals surface area contributed by atoms with Crippen LogP contribution in [0.4, 0.5) is 14.5 Å². The van der Waals surface area contributed by atoms with E-state index in [1.165, 1.54) is 26.0 Å². The largest absolute Gasteiger partial charge is 0.481 e. The number of nitrogens with one attached hydrogen (secondary N) is 1. The molecule has 0 heterocycles. The van der Waals surface area contributed by atoms with E-state index >= 15 is 0 Å². The van der Waals surface area contributed by atoms with Crippen LogP contribution in [-0.4, -0.2) is 17.6 Å². The van der Waals surface area contributed by atoms with Gasteiger partial charge in [0.05, 0.1) is 11.1 Å². The molecule has 0 spiro atoms. The van der Waals surface area contributed by atoms with Crippen molar-refractivity contribution in [2.24, 2.45) is 5.41 Å². The quantitative estimate of drug-likeness (QED) is 0.833. The molecular weight excluding hydrogens is 216 g/mol. The van der Waals surface area contributed by atoms with Crippen molar-refractivity contribution in [1.82, 2.24) is 0 Å². The standard InChI is InChI=1S/C11H13F2NO2/c1-11(2,10(15)16)6-14-8-5-3-4-7(12)9(8)13/h3-5,14H,6H2,1-2H3,(H,15,16). The minimum atomic E-state index is -1.04. The summed E-state index contributed by atoms with van der Waals surface area (Å²) in [5.41, 5.74) is -1.08. The molecule has 0 saturated heterocycles. The van der Waals surface area contributed by atoms with Crippen molar-refractivity contribution >= 4 is 11.7 Å². The van der Waals surface area contributed by atoms with E-state index in [4.69, 9.17) is 5.11 Å². The van der Waals surface area contributed by atoms with E-state index in [-0.39, 0.29) is 12.2 Å². The first kappa shape index (κ1) is 12.4. The van der Waals surface area contributed by atoms with Crippen molar-refractivity contribution in [2.45, 2.75) is 13.8 Å². The number of aliphatic carboxylic acids is 1. The van der Waals surface area contributed by atoms with Crippen LogP contribution < -0.4 is 5.32 Å². The van der Waals surface area contributed by atoms with Crippen LogP contribution in [0.1, 0.15) is 13.8 Å². The van der Waals surface area contributed by atoms with Gasteiger partial charge in [0.2, 0.25) is 0 Å². The van der Waals surface area contributed by atoms with Gasteiger partial charge in [-0.05, 0) is 26.0 Å². The summed E-state index contributed by atoms with van der Waals surface area (Å²) in [4.78, 5) is 10.8. The van der Waals surface area contributed by atoms with Gasteiger partial charge in [-0.25, -0.2) is 8.78 Å². The molecule has 88 valence electrons. The lowest BCUT2D eigenvalue weighted by Gasteiger charge is -2.20. The van der Waals surface area contributed by atoms with E-state index in [0.29, 0.717) is 0 Å². The van der Waals surface area contributed by atoms with Crippen LogP contribution in [0.5, 0.6) is 0 Å². The number of carboxylic acid groups (broad SMARTS) is 1. The van der Waals surface area contributed by atoms with Gasteiger partial charge in [-0.2, -0.15) is 0 Å². The average molecular weight is 229 g/mol. The van der Waals surface area contributed by atoms with Crippen LogP contribution in [0.2, 0.25) is 0 Å². The molecule has 0 aliphatic carbocycles. The first-order valence-corrected chi connectivity index (χ1v) is 4.76. The molecule has 0 aromatic heterocycles. The molecule has 0 saturated carbocycles. The van der Waals surface area contributed by atoms with E-state index in [9.17, 15) is 13.6 Å². The van der Waals surface area contributed by atoms with Crippen molar-refractivity contribution in [1.29, 1.82) is 0 Å². The zero-order valence-electron chi connectivity index (χ0n) is 9.05. The SMILES string of the molecule is CC(C)(CNc1cccc(F)c1F)C(=O)O. The highest BCUT2D eigenvalue weighted by Crippen LogP contribution is 2.20. The molecule has 0 fully saturated rings. The van der Waals surface area contributed by atoms with Gasteiger partial charge in [0.1, 0.15) is 0 Å². The van der Waals surface area contributed by atoms with Crippen LogP contribution in [0.25, 0.3) is 0 Å². The third-order valence-corrected chi connectivity index (χ3v) is 2.25. The lowest BCUT2D eigenvalue weighted by Crippen LogP contribution is -2.32. The van der Waals surface area contributed by atoms with Crippen molar-refractivity contribution in [2.75, 3.05) is 11.9 Å². The van der Waals surface area contributed by atoms with E-state index < -0.39 is 23.0 Å². The van der Waals surface area contributed by atoms with Gasteiger partial charge in [-0.1, -0.05) is 6.07 Å². The smallest absolute Gasteiger partial charge is 0.310 e. The average Bonchev–Trinajstić information content (AvgIpc) is 2.20. The molecule has 0 aliphatic rings. The maximum absolute atomic E-state index is 13.2. The molecule has 0 amide bonds. The number of rotatable bonds is 4. The fourth-order valence-electron chi connectivity index (χ4n) is 1.03. The summed E-state index contributed by atoms with van der Waals surface area (Å²) >= 11 is 0. The van der Waals surface area contributed by atoms with Gasteiger partial charge in [0, 0.05) is 6.54 Å². The molecule has 0 bridgehead atoms. The molecule has 2 N–H and O–H groups in total. The summed E-state index contributed by atoms with van der Waals surface area (Å²) in [7, 11) is 0. The van der Waals surface area contributed by atoms with Gasteiger partial charge in [-0.3, -0.25) is 4.79 Å². The summed E-state index contributed by atoms with van der Waals surface area (Å²) < 4.78 is 26.0. The molecule has 3 nitrogen and oxygen atoms in total. The van der Waals surface area contributed by atoms with Gasteiger partial charge >= 0.3 is 5.97 Å². The number of carbonyl (C=O) groups is 1. The van der Waals surface area contributed by atoms with Crippen molar-refractivity contribution in [3.05, 3.63) is 29.8 Å². The lowest BCUT2D eigenvalue weighted by atomic mass is 9.94. The highest BCUT2D eigenvalue weighted by atomic mass is 19.2. The number of carboxylic acids is 1. The van der Waals surface area contributed by atoms with Crippen LogP contribution >= 0.6 is 0 Å². The Bertz CT molecular complexity index is 405. The van der Waals surface area contributed by atoms with Crippen LogP contribution in [0, 0.1) is 17.0 Å². The summed E-state index contributed by atoms with van der Waals surface area (Å²) in [5.74, 6) is -2.96. The van der Waals surface area contributed by atoms with E-state index in [2.05, 4.69) is 5.32 Å². The van der Waals surface area contributed by atoms with Crippen LogP contribution in [-0.2, 0) is 4.79 Å². The molecular formula is C11H13F2NO2. The van der Waals surface area contributed by atoms with E-state index in [0.717, 1.165) is 6.07 Å². The topological polar surface area (TPSA) is 49.3 Å². The Morgan fingerprint density at radius 2 is 2.06 bits per heavy atom. The van der Waals surface area contributed by atoms with Gasteiger partial charge in [0.15, 0.2) is 11.6 Å². The Hall–Kier alpha value is -1.65. The summed E-state index contributed by atoms with van der Waals surface area (Å²) in [6.45, 7) is 3.02. The van der Waals surface area contributed by atoms with E-state index in [1.807, 2.05) is 0 Å². The minimum absolute atomic E-state index is 0.0166.